The van der Waals surface area contributed by atoms with E-state index in [2.05, 4.69) is 45.6 Å². The predicted octanol–water partition coefficient (Wildman–Crippen LogP) is 4.50. The lowest BCUT2D eigenvalue weighted by Gasteiger charge is -2.00. The lowest BCUT2D eigenvalue weighted by atomic mass is 10.1. The molecule has 0 bridgehead atoms. The molecule has 0 aromatic rings. The van der Waals surface area contributed by atoms with Crippen LogP contribution in [-0.2, 0) is 0 Å². The lowest BCUT2D eigenvalue weighted by molar-refractivity contribution is 0.828. The van der Waals surface area contributed by atoms with Gasteiger partial charge in [-0.1, -0.05) is 50.6 Å². The molecule has 0 saturated carbocycles. The van der Waals surface area contributed by atoms with Gasteiger partial charge in [0.05, 0.1) is 0 Å². The molecule has 74 valence electrons. The Morgan fingerprint density at radius 3 is 2.54 bits per heavy atom. The Balaban J connectivity index is 4.09. The van der Waals surface area contributed by atoms with Gasteiger partial charge in [-0.05, 0) is 25.2 Å². The van der Waals surface area contributed by atoms with Crippen molar-refractivity contribution in [1.82, 2.24) is 0 Å². The maximum absolute atomic E-state index is 3.74. The zero-order chi connectivity index (χ0) is 10.1. The molecule has 0 nitrogen and oxygen atoms in total. The Bertz CT molecular complexity index is 182. The largest absolute Gasteiger partial charge is 0.103 e. The monoisotopic (exact) mass is 178 g/mol. The van der Waals surface area contributed by atoms with Gasteiger partial charge in [0.25, 0.3) is 0 Å². The first-order valence-electron chi connectivity index (χ1n) is 5.18. The van der Waals surface area contributed by atoms with Gasteiger partial charge < -0.3 is 0 Å². The van der Waals surface area contributed by atoms with Crippen LogP contribution in [0.15, 0.2) is 36.5 Å². The quantitative estimate of drug-likeness (QED) is 0.415. The van der Waals surface area contributed by atoms with Crippen LogP contribution >= 0.6 is 0 Å². The second-order valence-corrected chi connectivity index (χ2v) is 3.62. The Hall–Kier alpha value is -0.780. The summed E-state index contributed by atoms with van der Waals surface area (Å²) in [5.41, 5.74) is 1.44. The van der Waals surface area contributed by atoms with Gasteiger partial charge in [-0.15, -0.1) is 6.58 Å². The average Bonchev–Trinajstić information content (AvgIpc) is 2.09. The topological polar surface area (TPSA) is 0 Å². The van der Waals surface area contributed by atoms with Gasteiger partial charge in [0.15, 0.2) is 0 Å². The van der Waals surface area contributed by atoms with E-state index in [-0.39, 0.29) is 0 Å². The smallest absolute Gasteiger partial charge is 0.0248 e. The summed E-state index contributed by atoms with van der Waals surface area (Å²) in [5, 5.41) is 0. The third-order valence-electron chi connectivity index (χ3n) is 1.80. The molecule has 0 radical (unpaired) electrons. The summed E-state index contributed by atoms with van der Waals surface area (Å²) in [6.45, 7) is 10.3. The molecule has 0 N–H and O–H groups in total. The number of rotatable bonds is 6. The fourth-order valence-corrected chi connectivity index (χ4v) is 1.10. The van der Waals surface area contributed by atoms with Crippen molar-refractivity contribution < 1.29 is 0 Å². The van der Waals surface area contributed by atoms with Gasteiger partial charge >= 0.3 is 0 Å². The van der Waals surface area contributed by atoms with Crippen molar-refractivity contribution in [2.24, 2.45) is 5.92 Å². The summed E-state index contributed by atoms with van der Waals surface area (Å²) in [4.78, 5) is 0. The minimum atomic E-state index is 0.643. The Labute approximate surface area is 83.0 Å². The van der Waals surface area contributed by atoms with E-state index in [0.717, 1.165) is 19.3 Å². The van der Waals surface area contributed by atoms with Crippen LogP contribution in [0, 0.1) is 5.92 Å². The second-order valence-electron chi connectivity index (χ2n) is 3.62. The van der Waals surface area contributed by atoms with E-state index in [4.69, 9.17) is 0 Å². The Morgan fingerprint density at radius 2 is 2.08 bits per heavy atom. The molecule has 0 fully saturated rings. The minimum absolute atomic E-state index is 0.643. The second kappa shape index (κ2) is 7.85. The third-order valence-corrected chi connectivity index (χ3v) is 1.80. The molecule has 0 rings (SSSR count). The van der Waals surface area contributed by atoms with Crippen LogP contribution in [0.4, 0.5) is 0 Å². The molecule has 0 aromatic carbocycles. The van der Waals surface area contributed by atoms with Gasteiger partial charge in [0.1, 0.15) is 0 Å². The fraction of sp³-hybridized carbons (Fsp3) is 0.538. The maximum atomic E-state index is 3.74. The van der Waals surface area contributed by atoms with Crippen molar-refractivity contribution in [3.63, 3.8) is 0 Å². The number of hydrogen-bond acceptors (Lipinski definition) is 0. The highest BCUT2D eigenvalue weighted by Gasteiger charge is 1.91. The van der Waals surface area contributed by atoms with Crippen molar-refractivity contribution in [3.8, 4) is 0 Å². The van der Waals surface area contributed by atoms with Crippen molar-refractivity contribution in [1.29, 1.82) is 0 Å². The summed E-state index contributed by atoms with van der Waals surface area (Å²) in [7, 11) is 0. The normalized spacial score (nSPS) is 12.8. The van der Waals surface area contributed by atoms with E-state index in [9.17, 15) is 0 Å². The molecule has 0 saturated heterocycles. The van der Waals surface area contributed by atoms with E-state index in [1.54, 1.807) is 0 Å². The standard InChI is InChI=1S/C13H22/c1-5-7-9-13(8-6-2)11-10-12(3)4/h5,8,10-12H,1,6-7,9H2,2-4H3/b11-10+,13-8-. The molecule has 0 heterocycles. The molecule has 0 unspecified atom stereocenters. The lowest BCUT2D eigenvalue weighted by Crippen LogP contribution is -1.82. The SMILES string of the molecule is C=CCCC(=C/CC)/C=C/C(C)C. The summed E-state index contributed by atoms with van der Waals surface area (Å²) >= 11 is 0. The Morgan fingerprint density at radius 1 is 1.38 bits per heavy atom. The van der Waals surface area contributed by atoms with Gasteiger partial charge in [0.2, 0.25) is 0 Å². The molecule has 0 amide bonds. The minimum Gasteiger partial charge on any atom is -0.103 e. The number of allylic oxidation sites excluding steroid dienone is 5. The summed E-state index contributed by atoms with van der Waals surface area (Å²) in [6.07, 6.45) is 12.1. The van der Waals surface area contributed by atoms with E-state index < -0.39 is 0 Å². The molecule has 0 aliphatic rings. The van der Waals surface area contributed by atoms with Gasteiger partial charge in [0, 0.05) is 0 Å². The van der Waals surface area contributed by atoms with E-state index in [1.165, 1.54) is 5.57 Å². The van der Waals surface area contributed by atoms with Gasteiger partial charge in [-0.25, -0.2) is 0 Å². The molecule has 0 spiro atoms. The first-order chi connectivity index (χ1) is 6.20. The fourth-order valence-electron chi connectivity index (χ4n) is 1.10. The van der Waals surface area contributed by atoms with Crippen LogP contribution in [0.5, 0.6) is 0 Å². The summed E-state index contributed by atoms with van der Waals surface area (Å²) in [5.74, 6) is 0.643. The molecule has 0 atom stereocenters. The van der Waals surface area contributed by atoms with Crippen LogP contribution in [0.3, 0.4) is 0 Å². The van der Waals surface area contributed by atoms with E-state index in [1.807, 2.05) is 6.08 Å². The molecule has 0 aliphatic carbocycles. The average molecular weight is 178 g/mol. The first kappa shape index (κ1) is 12.2. The van der Waals surface area contributed by atoms with Crippen molar-refractivity contribution in [3.05, 3.63) is 36.5 Å². The van der Waals surface area contributed by atoms with Gasteiger partial charge in [-0.3, -0.25) is 0 Å². The summed E-state index contributed by atoms with van der Waals surface area (Å²) < 4.78 is 0. The molecule has 0 heteroatoms. The maximum Gasteiger partial charge on any atom is -0.0248 e. The molecule has 0 aliphatic heterocycles. The number of hydrogen-bond donors (Lipinski definition) is 0. The Kier molecular flexibility index (Phi) is 7.38. The zero-order valence-corrected chi connectivity index (χ0v) is 9.22. The first-order valence-corrected chi connectivity index (χ1v) is 5.18. The van der Waals surface area contributed by atoms with Crippen LogP contribution in [-0.4, -0.2) is 0 Å². The van der Waals surface area contributed by atoms with Crippen LogP contribution in [0.1, 0.15) is 40.0 Å². The van der Waals surface area contributed by atoms with E-state index in [0.29, 0.717) is 5.92 Å². The van der Waals surface area contributed by atoms with Crippen LogP contribution in [0.2, 0.25) is 0 Å². The molecular formula is C13H22. The van der Waals surface area contributed by atoms with Crippen molar-refractivity contribution in [2.45, 2.75) is 40.0 Å². The highest BCUT2D eigenvalue weighted by atomic mass is 14.0. The van der Waals surface area contributed by atoms with Crippen molar-refractivity contribution in [2.75, 3.05) is 0 Å². The highest BCUT2D eigenvalue weighted by Crippen LogP contribution is 2.10. The zero-order valence-electron chi connectivity index (χ0n) is 9.22. The van der Waals surface area contributed by atoms with Crippen LogP contribution < -0.4 is 0 Å². The summed E-state index contributed by atoms with van der Waals surface area (Å²) in [6, 6.07) is 0. The highest BCUT2D eigenvalue weighted by molar-refractivity contribution is 5.19. The van der Waals surface area contributed by atoms with Crippen molar-refractivity contribution >= 4 is 0 Å². The van der Waals surface area contributed by atoms with Gasteiger partial charge in [-0.2, -0.15) is 0 Å². The molecule has 0 aromatic heterocycles. The van der Waals surface area contributed by atoms with E-state index >= 15 is 0 Å². The molecule has 13 heavy (non-hydrogen) atoms. The van der Waals surface area contributed by atoms with Crippen LogP contribution in [0.25, 0.3) is 0 Å². The predicted molar refractivity (Wildman–Crippen MR) is 61.8 cm³/mol. The molecular weight excluding hydrogens is 156 g/mol. The third kappa shape index (κ3) is 7.58.